The van der Waals surface area contributed by atoms with Crippen LogP contribution < -0.4 is 4.74 Å². The molecule has 0 spiro atoms. The van der Waals surface area contributed by atoms with Crippen LogP contribution in [0, 0.1) is 5.82 Å². The molecule has 3 rings (SSSR count). The molecule has 0 aromatic heterocycles. The van der Waals surface area contributed by atoms with E-state index in [1.54, 1.807) is 19.1 Å². The molecule has 3 aromatic rings. The first-order valence-corrected chi connectivity index (χ1v) is 12.0. The van der Waals surface area contributed by atoms with E-state index in [1.165, 1.54) is 0 Å². The summed E-state index contributed by atoms with van der Waals surface area (Å²) >= 11 is 0. The van der Waals surface area contributed by atoms with Crippen LogP contribution in [-0.2, 0) is 16.0 Å². The Balaban J connectivity index is 1.77. The molecule has 35 heavy (non-hydrogen) atoms. The van der Waals surface area contributed by atoms with E-state index in [-0.39, 0.29) is 25.6 Å². The zero-order chi connectivity index (χ0) is 25.0. The van der Waals surface area contributed by atoms with E-state index in [4.69, 9.17) is 14.6 Å². The van der Waals surface area contributed by atoms with Crippen LogP contribution in [0.2, 0.25) is 0 Å². The van der Waals surface area contributed by atoms with E-state index in [2.05, 4.69) is 6.58 Å². The van der Waals surface area contributed by atoms with Crippen molar-refractivity contribution in [3.05, 3.63) is 90.3 Å². The molecule has 0 radical (unpaired) electrons. The molecular formula is C30H33FO4. The second kappa shape index (κ2) is 13.4. The Kier molecular flexibility index (Phi) is 10.1. The molecule has 4 nitrogen and oxygen atoms in total. The van der Waals surface area contributed by atoms with E-state index >= 15 is 4.39 Å². The Labute approximate surface area is 207 Å². The van der Waals surface area contributed by atoms with Crippen molar-refractivity contribution in [2.45, 2.75) is 39.0 Å². The van der Waals surface area contributed by atoms with Gasteiger partial charge in [-0.05, 0) is 60.6 Å². The smallest absolute Gasteiger partial charge is 0.333 e. The Morgan fingerprint density at radius 3 is 2.34 bits per heavy atom. The van der Waals surface area contributed by atoms with Crippen molar-refractivity contribution in [2.24, 2.45) is 0 Å². The number of carbonyl (C=O) groups is 1. The molecule has 0 fully saturated rings. The van der Waals surface area contributed by atoms with Crippen molar-refractivity contribution in [2.75, 3.05) is 19.8 Å². The van der Waals surface area contributed by atoms with Gasteiger partial charge in [0.15, 0.2) is 0 Å². The number of hydrogen-bond donors (Lipinski definition) is 1. The summed E-state index contributed by atoms with van der Waals surface area (Å²) in [7, 11) is 0. The summed E-state index contributed by atoms with van der Waals surface area (Å²) in [5.74, 6) is -0.0981. The summed E-state index contributed by atoms with van der Waals surface area (Å²) in [4.78, 5) is 11.6. The molecule has 0 aliphatic carbocycles. The highest BCUT2D eigenvalue weighted by Crippen LogP contribution is 2.32. The number of benzene rings is 3. The van der Waals surface area contributed by atoms with Gasteiger partial charge >= 0.3 is 5.97 Å². The fourth-order valence-corrected chi connectivity index (χ4v) is 3.81. The van der Waals surface area contributed by atoms with E-state index in [9.17, 15) is 4.79 Å². The summed E-state index contributed by atoms with van der Waals surface area (Å²) in [6.45, 7) is 5.67. The molecule has 0 aliphatic heterocycles. The second-order valence-corrected chi connectivity index (χ2v) is 8.54. The second-order valence-electron chi connectivity index (χ2n) is 8.54. The third-order valence-electron chi connectivity index (χ3n) is 5.73. The summed E-state index contributed by atoms with van der Waals surface area (Å²) in [6, 6.07) is 20.7. The van der Waals surface area contributed by atoms with Crippen molar-refractivity contribution in [1.82, 2.24) is 0 Å². The maximum atomic E-state index is 15.1. The first-order valence-electron chi connectivity index (χ1n) is 12.0. The molecule has 0 saturated heterocycles. The molecule has 0 saturated carbocycles. The van der Waals surface area contributed by atoms with Crippen LogP contribution in [0.1, 0.15) is 38.2 Å². The van der Waals surface area contributed by atoms with Crippen molar-refractivity contribution in [1.29, 1.82) is 0 Å². The van der Waals surface area contributed by atoms with Crippen molar-refractivity contribution < 1.29 is 23.8 Å². The lowest BCUT2D eigenvalue weighted by Gasteiger charge is -2.15. The van der Waals surface area contributed by atoms with Crippen LogP contribution in [0.5, 0.6) is 5.75 Å². The highest BCUT2D eigenvalue weighted by Gasteiger charge is 2.12. The predicted molar refractivity (Wildman–Crippen MR) is 138 cm³/mol. The molecule has 0 atom stereocenters. The first kappa shape index (κ1) is 26.2. The molecular weight excluding hydrogens is 443 g/mol. The lowest BCUT2D eigenvalue weighted by atomic mass is 9.97. The van der Waals surface area contributed by atoms with Crippen LogP contribution in [0.3, 0.4) is 0 Å². The number of aliphatic hydroxyl groups is 1. The Hall–Kier alpha value is -3.44. The van der Waals surface area contributed by atoms with Crippen LogP contribution in [0.15, 0.2) is 78.9 Å². The van der Waals surface area contributed by atoms with E-state index in [0.717, 1.165) is 54.4 Å². The van der Waals surface area contributed by atoms with E-state index in [0.29, 0.717) is 16.9 Å². The van der Waals surface area contributed by atoms with Gasteiger partial charge in [-0.3, -0.25) is 0 Å². The topological polar surface area (TPSA) is 55.8 Å². The van der Waals surface area contributed by atoms with Crippen LogP contribution in [0.4, 0.5) is 4.39 Å². The number of aryl methyl sites for hydroxylation is 1. The van der Waals surface area contributed by atoms with Crippen molar-refractivity contribution >= 4 is 5.97 Å². The number of unbranched alkanes of at least 4 members (excludes halogenated alkanes) is 3. The molecule has 3 aromatic carbocycles. The molecule has 0 heterocycles. The highest BCUT2D eigenvalue weighted by molar-refractivity contribution is 5.86. The minimum atomic E-state index is -0.452. The summed E-state index contributed by atoms with van der Waals surface area (Å²) < 4.78 is 26.2. The summed E-state index contributed by atoms with van der Waals surface area (Å²) in [5.41, 5.74) is 4.36. The average Bonchev–Trinajstić information content (AvgIpc) is 2.87. The molecule has 5 heteroatoms. The van der Waals surface area contributed by atoms with Crippen LogP contribution >= 0.6 is 0 Å². The molecule has 0 bridgehead atoms. The van der Waals surface area contributed by atoms with Crippen molar-refractivity contribution in [3.8, 4) is 28.0 Å². The maximum absolute atomic E-state index is 15.1. The monoisotopic (exact) mass is 476 g/mol. The molecule has 0 unspecified atom stereocenters. The van der Waals surface area contributed by atoms with E-state index in [1.807, 2.05) is 54.6 Å². The molecule has 0 amide bonds. The third-order valence-corrected chi connectivity index (χ3v) is 5.73. The largest absolute Gasteiger partial charge is 0.490 e. The Morgan fingerprint density at radius 2 is 1.63 bits per heavy atom. The van der Waals surface area contributed by atoms with Gasteiger partial charge in [-0.1, -0.05) is 74.0 Å². The van der Waals surface area contributed by atoms with Gasteiger partial charge in [0.2, 0.25) is 0 Å². The van der Waals surface area contributed by atoms with Crippen molar-refractivity contribution in [3.63, 3.8) is 0 Å². The number of aliphatic hydroxyl groups excluding tert-OH is 1. The number of esters is 1. The average molecular weight is 477 g/mol. The fourth-order valence-electron chi connectivity index (χ4n) is 3.81. The SMILES string of the molecule is C=C(C)C(=O)OCCOc1cc(-c2ccc(-c3ccccc3)cc2F)ccc1CCCCCCO. The summed E-state index contributed by atoms with van der Waals surface area (Å²) in [6.07, 6.45) is 4.55. The van der Waals surface area contributed by atoms with Gasteiger partial charge < -0.3 is 14.6 Å². The minimum absolute atomic E-state index is 0.103. The lowest BCUT2D eigenvalue weighted by molar-refractivity contribution is -0.139. The molecule has 1 N–H and O–H groups in total. The van der Waals surface area contributed by atoms with Gasteiger partial charge in [-0.2, -0.15) is 0 Å². The van der Waals surface area contributed by atoms with Gasteiger partial charge in [-0.25, -0.2) is 9.18 Å². The normalized spacial score (nSPS) is 10.7. The first-order chi connectivity index (χ1) is 17.0. The van der Waals surface area contributed by atoms with Gasteiger partial charge in [0.1, 0.15) is 24.8 Å². The van der Waals surface area contributed by atoms with Crippen LogP contribution in [0.25, 0.3) is 22.3 Å². The number of hydrogen-bond acceptors (Lipinski definition) is 4. The fraction of sp³-hybridized carbons (Fsp3) is 0.300. The van der Waals surface area contributed by atoms with E-state index < -0.39 is 5.97 Å². The number of halogens is 1. The zero-order valence-corrected chi connectivity index (χ0v) is 20.3. The standard InChI is InChI=1S/C30H33FO4/c1-22(2)30(33)35-19-18-34-29-21-26(14-13-24(29)12-6-3-4-9-17-32)27-16-15-25(20-28(27)31)23-10-7-5-8-11-23/h5,7-8,10-11,13-16,20-21,32H,1,3-4,6,9,12,17-19H2,2H3. The minimum Gasteiger partial charge on any atom is -0.490 e. The number of rotatable bonds is 13. The quantitative estimate of drug-likeness (QED) is 0.168. The van der Waals surface area contributed by atoms with Gasteiger partial charge in [0, 0.05) is 17.7 Å². The number of ether oxygens (including phenoxy) is 2. The molecule has 0 aliphatic rings. The maximum Gasteiger partial charge on any atom is 0.333 e. The lowest BCUT2D eigenvalue weighted by Crippen LogP contribution is -2.13. The predicted octanol–water partition coefficient (Wildman–Crippen LogP) is 6.75. The zero-order valence-electron chi connectivity index (χ0n) is 20.3. The third kappa shape index (κ3) is 7.79. The molecule has 184 valence electrons. The Bertz CT molecular complexity index is 1120. The highest BCUT2D eigenvalue weighted by atomic mass is 19.1. The van der Waals surface area contributed by atoms with Gasteiger partial charge in [0.05, 0.1) is 0 Å². The summed E-state index contributed by atoms with van der Waals surface area (Å²) in [5, 5.41) is 8.97. The number of carbonyl (C=O) groups excluding carboxylic acids is 1. The van der Waals surface area contributed by atoms with Gasteiger partial charge in [-0.15, -0.1) is 0 Å². The van der Waals surface area contributed by atoms with Crippen LogP contribution in [-0.4, -0.2) is 30.9 Å². The van der Waals surface area contributed by atoms with Gasteiger partial charge in [0.25, 0.3) is 0 Å². The Morgan fingerprint density at radius 1 is 0.886 bits per heavy atom.